The summed E-state index contributed by atoms with van der Waals surface area (Å²) in [7, 11) is 1.48. The van der Waals surface area contributed by atoms with E-state index in [0.29, 0.717) is 22.1 Å². The molecule has 0 bridgehead atoms. The smallest absolute Gasteiger partial charge is 0.416 e. The van der Waals surface area contributed by atoms with Crippen LogP contribution in [0.3, 0.4) is 0 Å². The standard InChI is InChI=1S/C23H19ClF3N3O3/c1-33-20-9-8-18(12-19(20)24)29-21(31)13-28-16-6-2-4-14(10-16)22(32)30-17-7-3-5-15(11-17)23(25,26)27/h2-12,28H,13H2,1H3,(H,29,31)(H,30,32). The van der Waals surface area contributed by atoms with E-state index in [0.717, 1.165) is 12.1 Å². The number of benzene rings is 3. The first-order valence-electron chi connectivity index (χ1n) is 9.61. The number of rotatable bonds is 7. The van der Waals surface area contributed by atoms with Gasteiger partial charge in [0.1, 0.15) is 5.75 Å². The maximum absolute atomic E-state index is 12.9. The highest BCUT2D eigenvalue weighted by Gasteiger charge is 2.30. The van der Waals surface area contributed by atoms with Gasteiger partial charge in [0.05, 0.1) is 24.2 Å². The topological polar surface area (TPSA) is 79.5 Å². The molecule has 6 nitrogen and oxygen atoms in total. The zero-order chi connectivity index (χ0) is 24.0. The van der Waals surface area contributed by atoms with Gasteiger partial charge in [0.25, 0.3) is 5.91 Å². The second kappa shape index (κ2) is 10.3. The first kappa shape index (κ1) is 23.9. The molecule has 0 radical (unpaired) electrons. The molecule has 10 heteroatoms. The van der Waals surface area contributed by atoms with Crippen LogP contribution >= 0.6 is 11.6 Å². The Morgan fingerprint density at radius 1 is 0.909 bits per heavy atom. The van der Waals surface area contributed by atoms with Gasteiger partial charge >= 0.3 is 6.18 Å². The molecule has 0 aliphatic carbocycles. The van der Waals surface area contributed by atoms with Gasteiger partial charge in [0.2, 0.25) is 5.91 Å². The highest BCUT2D eigenvalue weighted by atomic mass is 35.5. The summed E-state index contributed by atoms with van der Waals surface area (Å²) in [6, 6.07) is 15.4. The maximum atomic E-state index is 12.9. The first-order valence-corrected chi connectivity index (χ1v) is 9.99. The molecule has 0 saturated carbocycles. The minimum Gasteiger partial charge on any atom is -0.495 e. The third-order valence-electron chi connectivity index (χ3n) is 4.46. The molecule has 0 unspecified atom stereocenters. The van der Waals surface area contributed by atoms with Crippen molar-refractivity contribution in [3.63, 3.8) is 0 Å². The fraction of sp³-hybridized carbons (Fsp3) is 0.130. The van der Waals surface area contributed by atoms with Crippen LogP contribution in [-0.2, 0) is 11.0 Å². The lowest BCUT2D eigenvalue weighted by Gasteiger charge is -2.11. The molecule has 0 aliphatic rings. The predicted molar refractivity (Wildman–Crippen MR) is 121 cm³/mol. The highest BCUT2D eigenvalue weighted by Crippen LogP contribution is 2.31. The largest absolute Gasteiger partial charge is 0.495 e. The molecule has 0 aromatic heterocycles. The van der Waals surface area contributed by atoms with E-state index in [4.69, 9.17) is 16.3 Å². The van der Waals surface area contributed by atoms with Crippen LogP contribution in [0.1, 0.15) is 15.9 Å². The summed E-state index contributed by atoms with van der Waals surface area (Å²) in [5.74, 6) is -0.460. The van der Waals surface area contributed by atoms with Gasteiger partial charge in [-0.05, 0) is 54.6 Å². The number of alkyl halides is 3. The van der Waals surface area contributed by atoms with Crippen LogP contribution in [0, 0.1) is 0 Å². The average Bonchev–Trinajstić information content (AvgIpc) is 2.78. The number of ether oxygens (including phenoxy) is 1. The highest BCUT2D eigenvalue weighted by molar-refractivity contribution is 6.32. The van der Waals surface area contributed by atoms with Crippen LogP contribution in [-0.4, -0.2) is 25.5 Å². The Kier molecular flexibility index (Phi) is 7.44. The third kappa shape index (κ3) is 6.63. The van der Waals surface area contributed by atoms with Crippen molar-refractivity contribution in [2.45, 2.75) is 6.18 Å². The zero-order valence-corrected chi connectivity index (χ0v) is 18.1. The lowest BCUT2D eigenvalue weighted by molar-refractivity contribution is -0.137. The molecule has 0 atom stereocenters. The number of halogens is 4. The SMILES string of the molecule is COc1ccc(NC(=O)CNc2cccc(C(=O)Nc3cccc(C(F)(F)F)c3)c2)cc1Cl. The lowest BCUT2D eigenvalue weighted by atomic mass is 10.1. The van der Waals surface area contributed by atoms with Gasteiger partial charge in [-0.1, -0.05) is 23.7 Å². The van der Waals surface area contributed by atoms with Crippen molar-refractivity contribution < 1.29 is 27.5 Å². The van der Waals surface area contributed by atoms with Gasteiger partial charge in [0.15, 0.2) is 0 Å². The van der Waals surface area contributed by atoms with Crippen molar-refractivity contribution in [3.8, 4) is 5.75 Å². The average molecular weight is 478 g/mol. The Hall–Kier alpha value is -3.72. The van der Waals surface area contributed by atoms with E-state index < -0.39 is 17.6 Å². The number of nitrogens with one attached hydrogen (secondary N) is 3. The molecule has 2 amide bonds. The van der Waals surface area contributed by atoms with Crippen LogP contribution in [0.4, 0.5) is 30.2 Å². The second-order valence-electron chi connectivity index (χ2n) is 6.86. The van der Waals surface area contributed by atoms with Gasteiger partial charge in [-0.3, -0.25) is 9.59 Å². The molecule has 0 heterocycles. The number of anilines is 3. The Labute approximate surface area is 192 Å². The maximum Gasteiger partial charge on any atom is 0.416 e. The van der Waals surface area contributed by atoms with Crippen molar-refractivity contribution in [3.05, 3.63) is 82.9 Å². The van der Waals surface area contributed by atoms with E-state index >= 15 is 0 Å². The summed E-state index contributed by atoms with van der Waals surface area (Å²) in [5, 5.41) is 8.36. The van der Waals surface area contributed by atoms with Crippen LogP contribution in [0.15, 0.2) is 66.7 Å². The molecule has 172 valence electrons. The third-order valence-corrected chi connectivity index (χ3v) is 4.76. The molecule has 0 spiro atoms. The van der Waals surface area contributed by atoms with Gasteiger partial charge in [-0.25, -0.2) is 0 Å². The molecular formula is C23H19ClF3N3O3. The Morgan fingerprint density at radius 2 is 1.61 bits per heavy atom. The number of hydrogen-bond acceptors (Lipinski definition) is 4. The van der Waals surface area contributed by atoms with Crippen molar-refractivity contribution in [2.75, 3.05) is 29.6 Å². The number of methoxy groups -OCH3 is 1. The van der Waals surface area contributed by atoms with Gasteiger partial charge in [-0.2, -0.15) is 13.2 Å². The molecule has 3 N–H and O–H groups in total. The zero-order valence-electron chi connectivity index (χ0n) is 17.3. The van der Waals surface area contributed by atoms with E-state index in [2.05, 4.69) is 16.0 Å². The predicted octanol–water partition coefficient (Wildman–Crippen LogP) is 5.67. The molecule has 0 saturated heterocycles. The van der Waals surface area contributed by atoms with E-state index in [-0.39, 0.29) is 23.7 Å². The molecule has 3 aromatic carbocycles. The second-order valence-corrected chi connectivity index (χ2v) is 7.27. The van der Waals surface area contributed by atoms with Crippen molar-refractivity contribution in [1.82, 2.24) is 0 Å². The van der Waals surface area contributed by atoms with E-state index in [1.165, 1.54) is 31.4 Å². The normalized spacial score (nSPS) is 10.9. The van der Waals surface area contributed by atoms with Gasteiger partial charge in [-0.15, -0.1) is 0 Å². The van der Waals surface area contributed by atoms with Crippen LogP contribution in [0.25, 0.3) is 0 Å². The fourth-order valence-electron chi connectivity index (χ4n) is 2.88. The summed E-state index contributed by atoms with van der Waals surface area (Å²) in [4.78, 5) is 24.7. The summed E-state index contributed by atoms with van der Waals surface area (Å²) in [5.41, 5.74) is 0.335. The van der Waals surface area contributed by atoms with Gasteiger partial charge in [0, 0.05) is 22.6 Å². The number of carbonyl (C=O) groups excluding carboxylic acids is 2. The Balaban J connectivity index is 1.60. The lowest BCUT2D eigenvalue weighted by Crippen LogP contribution is -2.22. The fourth-order valence-corrected chi connectivity index (χ4v) is 3.14. The van der Waals surface area contributed by atoms with Crippen LogP contribution < -0.4 is 20.7 Å². The summed E-state index contributed by atoms with van der Waals surface area (Å²) >= 11 is 6.04. The minimum absolute atomic E-state index is 0.0192. The number of carbonyl (C=O) groups is 2. The minimum atomic E-state index is -4.51. The van der Waals surface area contributed by atoms with Crippen LogP contribution in [0.5, 0.6) is 5.75 Å². The van der Waals surface area contributed by atoms with Crippen LogP contribution in [0.2, 0.25) is 5.02 Å². The van der Waals surface area contributed by atoms with Crippen molar-refractivity contribution >= 4 is 40.5 Å². The van der Waals surface area contributed by atoms with Gasteiger partial charge < -0.3 is 20.7 Å². The monoisotopic (exact) mass is 477 g/mol. The molecule has 33 heavy (non-hydrogen) atoms. The van der Waals surface area contributed by atoms with Crippen molar-refractivity contribution in [1.29, 1.82) is 0 Å². The van der Waals surface area contributed by atoms with Crippen molar-refractivity contribution in [2.24, 2.45) is 0 Å². The number of amides is 2. The quantitative estimate of drug-likeness (QED) is 0.409. The Morgan fingerprint density at radius 3 is 2.30 bits per heavy atom. The molecule has 3 aromatic rings. The Bertz CT molecular complexity index is 1170. The first-order chi connectivity index (χ1) is 15.7. The van der Waals surface area contributed by atoms with E-state index in [1.54, 1.807) is 30.3 Å². The summed E-state index contributed by atoms with van der Waals surface area (Å²) < 4.78 is 43.6. The molecular weight excluding hydrogens is 459 g/mol. The van der Waals surface area contributed by atoms with E-state index in [9.17, 15) is 22.8 Å². The summed E-state index contributed by atoms with van der Waals surface area (Å²) in [6.07, 6.45) is -4.51. The molecule has 3 rings (SSSR count). The molecule has 0 fully saturated rings. The number of hydrogen-bond donors (Lipinski definition) is 3. The van der Waals surface area contributed by atoms with E-state index in [1.807, 2.05) is 0 Å². The summed E-state index contributed by atoms with van der Waals surface area (Å²) in [6.45, 7) is -0.0949. The molecule has 0 aliphatic heterocycles.